The third-order valence-electron chi connectivity index (χ3n) is 6.29. The number of non-ortho nitro benzene ring substituents is 1. The first-order valence-corrected chi connectivity index (χ1v) is 10.8. The maximum atomic E-state index is 13.5. The number of H-pyrrole nitrogens is 1. The largest absolute Gasteiger partial charge is 0.323 e. The number of nitrogens with zero attached hydrogens (tertiary/aromatic N) is 3. The van der Waals surface area contributed by atoms with Gasteiger partial charge >= 0.3 is 0 Å². The summed E-state index contributed by atoms with van der Waals surface area (Å²) in [5.74, 6) is -0.0916. The van der Waals surface area contributed by atoms with Gasteiger partial charge in [-0.1, -0.05) is 55.1 Å². The summed E-state index contributed by atoms with van der Waals surface area (Å²) in [6.45, 7) is 0. The second-order valence-corrected chi connectivity index (χ2v) is 8.56. The third-order valence-corrected chi connectivity index (χ3v) is 6.54. The molecule has 1 atom stereocenters. The molecule has 1 aliphatic carbocycles. The van der Waals surface area contributed by atoms with Crippen LogP contribution in [0.3, 0.4) is 0 Å². The van der Waals surface area contributed by atoms with Crippen molar-refractivity contribution in [1.29, 1.82) is 0 Å². The first-order valence-electron chi connectivity index (χ1n) is 10.5. The smallest absolute Gasteiger partial charge is 0.273 e. The van der Waals surface area contributed by atoms with Gasteiger partial charge in [-0.05, 0) is 30.5 Å². The molecular formula is C23H21ClN4O3. The number of carbonyl (C=O) groups excluding carboxylic acids is 1. The Balaban J connectivity index is 1.67. The summed E-state index contributed by atoms with van der Waals surface area (Å²) < 4.78 is 0. The number of carbonyl (C=O) groups is 1. The van der Waals surface area contributed by atoms with Crippen LogP contribution in [0.25, 0.3) is 11.3 Å². The highest BCUT2D eigenvalue weighted by atomic mass is 35.5. The number of nitro groups is 1. The number of rotatable bonds is 4. The lowest BCUT2D eigenvalue weighted by Gasteiger charge is -2.36. The Morgan fingerprint density at radius 1 is 1.10 bits per heavy atom. The molecular weight excluding hydrogens is 416 g/mol. The maximum Gasteiger partial charge on any atom is 0.273 e. The fraction of sp³-hybridized carbons (Fsp3) is 0.304. The molecule has 0 bridgehead atoms. The predicted octanol–water partition coefficient (Wildman–Crippen LogP) is 5.52. The van der Waals surface area contributed by atoms with E-state index in [2.05, 4.69) is 10.2 Å². The van der Waals surface area contributed by atoms with Gasteiger partial charge in [0.15, 0.2) is 0 Å². The van der Waals surface area contributed by atoms with Crippen molar-refractivity contribution in [2.45, 2.75) is 44.2 Å². The number of nitrogens with one attached hydrogen (secondary N) is 1. The highest BCUT2D eigenvalue weighted by molar-refractivity contribution is 6.30. The third kappa shape index (κ3) is 3.39. The fourth-order valence-corrected chi connectivity index (χ4v) is 4.99. The number of halogens is 1. The second-order valence-electron chi connectivity index (χ2n) is 8.13. The standard InChI is InChI=1S/C23H21ClN4O3/c24-16-11-9-14(10-12-16)20-19-21(26-25-20)23(29)27(17-6-2-1-3-7-17)22(19)15-5-4-8-18(13-15)28(30)31/h4-5,8-13,17,22H,1-3,6-7H2,(H,25,26). The van der Waals surface area contributed by atoms with Gasteiger partial charge in [0.05, 0.1) is 16.7 Å². The normalized spacial score (nSPS) is 18.9. The molecule has 1 amide bonds. The lowest BCUT2D eigenvalue weighted by atomic mass is 9.91. The molecule has 1 aliphatic heterocycles. The van der Waals surface area contributed by atoms with Crippen molar-refractivity contribution in [3.8, 4) is 11.3 Å². The van der Waals surface area contributed by atoms with Crippen molar-refractivity contribution in [2.75, 3.05) is 0 Å². The molecule has 2 aromatic carbocycles. The molecule has 2 aliphatic rings. The molecule has 2 heterocycles. The van der Waals surface area contributed by atoms with E-state index < -0.39 is 11.0 Å². The van der Waals surface area contributed by atoms with Gasteiger partial charge < -0.3 is 4.90 Å². The van der Waals surface area contributed by atoms with Crippen molar-refractivity contribution in [3.63, 3.8) is 0 Å². The van der Waals surface area contributed by atoms with Gasteiger partial charge in [0, 0.05) is 34.3 Å². The minimum atomic E-state index is -0.421. The lowest BCUT2D eigenvalue weighted by Crippen LogP contribution is -2.40. The number of hydrogen-bond donors (Lipinski definition) is 1. The Bertz CT molecular complexity index is 1150. The van der Waals surface area contributed by atoms with E-state index in [-0.39, 0.29) is 17.6 Å². The van der Waals surface area contributed by atoms with E-state index in [9.17, 15) is 14.9 Å². The highest BCUT2D eigenvalue weighted by Crippen LogP contribution is 2.46. The van der Waals surface area contributed by atoms with Crippen LogP contribution in [0.1, 0.15) is 59.8 Å². The summed E-state index contributed by atoms with van der Waals surface area (Å²) in [5.41, 5.74) is 3.50. The van der Waals surface area contributed by atoms with Crippen LogP contribution in [0.15, 0.2) is 48.5 Å². The lowest BCUT2D eigenvalue weighted by molar-refractivity contribution is -0.384. The quantitative estimate of drug-likeness (QED) is 0.430. The van der Waals surface area contributed by atoms with Gasteiger partial charge in [-0.2, -0.15) is 5.10 Å². The molecule has 158 valence electrons. The monoisotopic (exact) mass is 436 g/mol. The van der Waals surface area contributed by atoms with Crippen LogP contribution in [0.2, 0.25) is 5.02 Å². The minimum absolute atomic E-state index is 0.0125. The Morgan fingerprint density at radius 3 is 2.55 bits per heavy atom. The van der Waals surface area contributed by atoms with E-state index in [1.165, 1.54) is 12.5 Å². The molecule has 0 radical (unpaired) electrons. The predicted molar refractivity (Wildman–Crippen MR) is 117 cm³/mol. The summed E-state index contributed by atoms with van der Waals surface area (Å²) in [5, 5.41) is 19.4. The average molecular weight is 437 g/mol. The molecule has 1 aromatic heterocycles. The number of aromatic amines is 1. The van der Waals surface area contributed by atoms with Crippen molar-refractivity contribution in [2.24, 2.45) is 0 Å². The topological polar surface area (TPSA) is 92.1 Å². The van der Waals surface area contributed by atoms with E-state index in [4.69, 9.17) is 11.6 Å². The molecule has 7 nitrogen and oxygen atoms in total. The minimum Gasteiger partial charge on any atom is -0.323 e. The van der Waals surface area contributed by atoms with Crippen molar-refractivity contribution < 1.29 is 9.72 Å². The summed E-state index contributed by atoms with van der Waals surface area (Å²) >= 11 is 6.06. The molecule has 0 spiro atoms. The van der Waals surface area contributed by atoms with Crippen LogP contribution >= 0.6 is 11.6 Å². The van der Waals surface area contributed by atoms with Crippen LogP contribution in [-0.2, 0) is 0 Å². The van der Waals surface area contributed by atoms with Gasteiger partial charge in [0.1, 0.15) is 5.69 Å². The first-order chi connectivity index (χ1) is 15.0. The van der Waals surface area contributed by atoms with Gasteiger partial charge in [-0.25, -0.2) is 0 Å². The van der Waals surface area contributed by atoms with Gasteiger partial charge in [-0.3, -0.25) is 20.0 Å². The van der Waals surface area contributed by atoms with E-state index in [0.717, 1.165) is 42.4 Å². The number of aromatic nitrogens is 2. The molecule has 1 unspecified atom stereocenters. The molecule has 1 N–H and O–H groups in total. The molecule has 1 saturated carbocycles. The maximum absolute atomic E-state index is 13.5. The number of benzene rings is 2. The summed E-state index contributed by atoms with van der Waals surface area (Å²) in [6.07, 6.45) is 5.19. The fourth-order valence-electron chi connectivity index (χ4n) is 4.86. The highest BCUT2D eigenvalue weighted by Gasteiger charge is 2.45. The van der Waals surface area contributed by atoms with E-state index in [1.54, 1.807) is 24.3 Å². The molecule has 0 saturated heterocycles. The Labute approximate surface area is 184 Å². The van der Waals surface area contributed by atoms with Crippen molar-refractivity contribution >= 4 is 23.2 Å². The van der Waals surface area contributed by atoms with Crippen LogP contribution < -0.4 is 0 Å². The van der Waals surface area contributed by atoms with Gasteiger partial charge in [-0.15, -0.1) is 0 Å². The Morgan fingerprint density at radius 2 is 1.84 bits per heavy atom. The second kappa shape index (κ2) is 7.81. The summed E-state index contributed by atoms with van der Waals surface area (Å²) in [6, 6.07) is 13.6. The number of hydrogen-bond acceptors (Lipinski definition) is 4. The number of fused-ring (bicyclic) bond motifs is 1. The van der Waals surface area contributed by atoms with Crippen molar-refractivity contribution in [1.82, 2.24) is 15.1 Å². The van der Waals surface area contributed by atoms with Crippen LogP contribution in [0.5, 0.6) is 0 Å². The first kappa shape index (κ1) is 19.8. The van der Waals surface area contributed by atoms with Gasteiger partial charge in [0.25, 0.3) is 11.6 Å². The molecule has 1 fully saturated rings. The van der Waals surface area contributed by atoms with E-state index in [1.807, 2.05) is 23.1 Å². The zero-order valence-corrected chi connectivity index (χ0v) is 17.5. The zero-order valence-electron chi connectivity index (χ0n) is 16.8. The SMILES string of the molecule is O=C1c2[nH]nc(-c3ccc(Cl)cc3)c2C(c2cccc([N+](=O)[O-])c2)N1C1CCCCC1. The van der Waals surface area contributed by atoms with E-state index in [0.29, 0.717) is 16.4 Å². The summed E-state index contributed by atoms with van der Waals surface area (Å²) in [7, 11) is 0. The van der Waals surface area contributed by atoms with Crippen LogP contribution in [-0.4, -0.2) is 32.0 Å². The Hall–Kier alpha value is -3.19. The molecule has 8 heteroatoms. The van der Waals surface area contributed by atoms with E-state index >= 15 is 0 Å². The molecule has 31 heavy (non-hydrogen) atoms. The average Bonchev–Trinajstić information content (AvgIpc) is 3.34. The molecule has 5 rings (SSSR count). The van der Waals surface area contributed by atoms with Gasteiger partial charge in [0.2, 0.25) is 0 Å². The Kier molecular flexibility index (Phi) is 4.98. The van der Waals surface area contributed by atoms with Crippen LogP contribution in [0, 0.1) is 10.1 Å². The molecule has 3 aromatic rings. The number of nitro benzene ring substituents is 1. The van der Waals surface area contributed by atoms with Crippen molar-refractivity contribution in [3.05, 3.63) is 80.5 Å². The van der Waals surface area contributed by atoms with Crippen LogP contribution in [0.4, 0.5) is 5.69 Å². The zero-order chi connectivity index (χ0) is 21.5. The number of amides is 1. The summed E-state index contributed by atoms with van der Waals surface area (Å²) in [4.78, 5) is 26.4.